The van der Waals surface area contributed by atoms with E-state index in [4.69, 9.17) is 4.74 Å². The van der Waals surface area contributed by atoms with Gasteiger partial charge in [0.2, 0.25) is 0 Å². The van der Waals surface area contributed by atoms with E-state index in [2.05, 4.69) is 34.5 Å². The monoisotopic (exact) mass is 464 g/mol. The third-order valence-corrected chi connectivity index (χ3v) is 7.10. The zero-order valence-corrected chi connectivity index (χ0v) is 20.5. The number of carboxylic acid groups (broad SMARTS) is 1. The first-order valence-electron chi connectivity index (χ1n) is 12.3. The zero-order valence-electron chi connectivity index (χ0n) is 20.5. The Hall–Kier alpha value is -2.86. The first kappa shape index (κ1) is 24.3. The summed E-state index contributed by atoms with van der Waals surface area (Å²) in [5.41, 5.74) is 3.86. The number of fused-ring (bicyclic) bond motifs is 1. The number of carbonyl (C=O) groups excluding carboxylic acids is 1. The van der Waals surface area contributed by atoms with Crippen LogP contribution >= 0.6 is 0 Å². The van der Waals surface area contributed by atoms with E-state index in [0.29, 0.717) is 17.7 Å². The number of carbonyl (C=O) groups is 2. The molecule has 0 radical (unpaired) electrons. The van der Waals surface area contributed by atoms with Gasteiger partial charge in [-0.1, -0.05) is 42.0 Å². The Morgan fingerprint density at radius 3 is 2.68 bits per heavy atom. The molecule has 1 atom stereocenters. The molecule has 1 aromatic rings. The highest BCUT2D eigenvalue weighted by Crippen LogP contribution is 2.49. The Morgan fingerprint density at radius 1 is 1.21 bits per heavy atom. The molecule has 1 aromatic carbocycles. The van der Waals surface area contributed by atoms with Gasteiger partial charge in [0.15, 0.2) is 0 Å². The summed E-state index contributed by atoms with van der Waals surface area (Å²) in [6.07, 6.45) is 13.7. The summed E-state index contributed by atoms with van der Waals surface area (Å²) < 4.78 is 5.30. The fourth-order valence-corrected chi connectivity index (χ4v) is 5.37. The fourth-order valence-electron chi connectivity index (χ4n) is 5.37. The molecule has 1 heterocycles. The second-order valence-electron chi connectivity index (χ2n) is 10.6. The molecule has 0 bridgehead atoms. The van der Waals surface area contributed by atoms with Crippen LogP contribution in [0.15, 0.2) is 59.7 Å². The van der Waals surface area contributed by atoms with Gasteiger partial charge in [-0.2, -0.15) is 0 Å². The van der Waals surface area contributed by atoms with Gasteiger partial charge in [-0.3, -0.25) is 10.1 Å². The number of hydrogen-bond acceptors (Lipinski definition) is 4. The number of aliphatic carboxylic acids is 1. The molecule has 4 rings (SSSR count). The van der Waals surface area contributed by atoms with Crippen LogP contribution in [0.25, 0.3) is 0 Å². The zero-order chi connectivity index (χ0) is 24.3. The number of piperidine rings is 1. The van der Waals surface area contributed by atoms with Gasteiger partial charge < -0.3 is 14.7 Å². The van der Waals surface area contributed by atoms with E-state index in [1.807, 2.05) is 6.07 Å². The van der Waals surface area contributed by atoms with Gasteiger partial charge in [0.1, 0.15) is 5.60 Å². The van der Waals surface area contributed by atoms with E-state index in [-0.39, 0.29) is 5.41 Å². The van der Waals surface area contributed by atoms with Crippen LogP contribution in [-0.2, 0) is 9.53 Å². The fraction of sp³-hybridized carbons (Fsp3) is 0.500. The average Bonchev–Trinajstić information content (AvgIpc) is 3.12. The molecule has 34 heavy (non-hydrogen) atoms. The van der Waals surface area contributed by atoms with Crippen molar-refractivity contribution in [2.75, 3.05) is 25.0 Å². The number of anilines is 1. The lowest BCUT2D eigenvalue weighted by Gasteiger charge is -2.41. The molecule has 1 unspecified atom stereocenters. The van der Waals surface area contributed by atoms with Gasteiger partial charge in [-0.15, -0.1) is 0 Å². The van der Waals surface area contributed by atoms with Gasteiger partial charge in [0, 0.05) is 11.1 Å². The molecule has 6 nitrogen and oxygen atoms in total. The maximum atomic E-state index is 12.1. The molecule has 2 N–H and O–H groups in total. The smallest absolute Gasteiger partial charge is 0.412 e. The standard InChI is InChI=1S/C28H36N2O4/c1-27(2,3)34-26(33)29-22-9-6-8-21(19-22)23(25(31)32)12-16-30-17-14-28(15-18-30)13-11-20-7-4-5-10-24(20)28/h4,6-9,11,13,19,23H,5,10,12,14-18H2,1-3H3,(H,29,33)(H,31,32). The molecule has 6 heteroatoms. The molecule has 1 amide bonds. The van der Waals surface area contributed by atoms with Crippen molar-refractivity contribution in [3.05, 3.63) is 65.3 Å². The third kappa shape index (κ3) is 5.61. The van der Waals surface area contributed by atoms with E-state index < -0.39 is 23.6 Å². The molecule has 1 spiro atoms. The molecule has 0 saturated carbocycles. The summed E-state index contributed by atoms with van der Waals surface area (Å²) in [6.45, 7) is 8.12. The minimum atomic E-state index is -0.842. The Bertz CT molecular complexity index is 1020. The van der Waals surface area contributed by atoms with E-state index in [0.717, 1.165) is 45.3 Å². The SMILES string of the molecule is CC(C)(C)OC(=O)Nc1cccc(C(CCN2CCC3(C=CC4=C3CCC=C4)CC2)C(=O)O)c1. The van der Waals surface area contributed by atoms with Crippen LogP contribution in [0.1, 0.15) is 64.4 Å². The van der Waals surface area contributed by atoms with Gasteiger partial charge in [-0.25, -0.2) is 4.79 Å². The Balaban J connectivity index is 1.34. The molecule has 1 aliphatic heterocycles. The third-order valence-electron chi connectivity index (χ3n) is 7.10. The van der Waals surface area contributed by atoms with E-state index in [9.17, 15) is 14.7 Å². The van der Waals surface area contributed by atoms with Crippen molar-refractivity contribution in [3.63, 3.8) is 0 Å². The summed E-state index contributed by atoms with van der Waals surface area (Å²) in [6, 6.07) is 7.08. The Kier molecular flexibility index (Phi) is 6.99. The maximum absolute atomic E-state index is 12.1. The van der Waals surface area contributed by atoms with Crippen molar-refractivity contribution >= 4 is 17.7 Å². The van der Waals surface area contributed by atoms with Crippen molar-refractivity contribution in [1.29, 1.82) is 0 Å². The molecule has 1 saturated heterocycles. The van der Waals surface area contributed by atoms with Gasteiger partial charge in [0.25, 0.3) is 0 Å². The predicted molar refractivity (Wildman–Crippen MR) is 134 cm³/mol. The number of nitrogens with one attached hydrogen (secondary N) is 1. The van der Waals surface area contributed by atoms with Crippen LogP contribution in [0, 0.1) is 5.41 Å². The molecule has 182 valence electrons. The van der Waals surface area contributed by atoms with Crippen LogP contribution in [0.5, 0.6) is 0 Å². The first-order chi connectivity index (χ1) is 16.2. The second-order valence-corrected chi connectivity index (χ2v) is 10.6. The number of rotatable bonds is 6. The molecular weight excluding hydrogens is 428 g/mol. The summed E-state index contributed by atoms with van der Waals surface area (Å²) in [5.74, 6) is -1.47. The van der Waals surface area contributed by atoms with Crippen molar-refractivity contribution in [3.8, 4) is 0 Å². The molecule has 3 aliphatic rings. The number of amides is 1. The lowest BCUT2D eigenvalue weighted by Crippen LogP contribution is -2.40. The topological polar surface area (TPSA) is 78.9 Å². The van der Waals surface area contributed by atoms with Crippen LogP contribution in [-0.4, -0.2) is 47.3 Å². The van der Waals surface area contributed by atoms with Crippen LogP contribution in [0.3, 0.4) is 0 Å². The van der Waals surface area contributed by atoms with Crippen molar-refractivity contribution < 1.29 is 19.4 Å². The number of ether oxygens (including phenoxy) is 1. The Labute approximate surface area is 202 Å². The highest BCUT2D eigenvalue weighted by molar-refractivity contribution is 5.85. The van der Waals surface area contributed by atoms with Crippen LogP contribution in [0.4, 0.5) is 10.5 Å². The largest absolute Gasteiger partial charge is 0.481 e. The first-order valence-corrected chi connectivity index (χ1v) is 12.3. The lowest BCUT2D eigenvalue weighted by atomic mass is 9.71. The number of nitrogens with zero attached hydrogens (tertiary/aromatic N) is 1. The lowest BCUT2D eigenvalue weighted by molar-refractivity contribution is -0.139. The summed E-state index contributed by atoms with van der Waals surface area (Å²) >= 11 is 0. The summed E-state index contributed by atoms with van der Waals surface area (Å²) in [5, 5.41) is 12.6. The number of benzene rings is 1. The van der Waals surface area contributed by atoms with E-state index in [1.54, 1.807) is 44.5 Å². The van der Waals surface area contributed by atoms with E-state index >= 15 is 0 Å². The van der Waals surface area contributed by atoms with Crippen molar-refractivity contribution in [2.45, 2.75) is 64.4 Å². The minimum Gasteiger partial charge on any atom is -0.481 e. The van der Waals surface area contributed by atoms with Crippen LogP contribution < -0.4 is 5.32 Å². The molecule has 2 aliphatic carbocycles. The van der Waals surface area contributed by atoms with E-state index in [1.165, 1.54) is 5.57 Å². The molecule has 0 aromatic heterocycles. The summed E-state index contributed by atoms with van der Waals surface area (Å²) in [7, 11) is 0. The highest BCUT2D eigenvalue weighted by Gasteiger charge is 2.39. The number of hydrogen-bond donors (Lipinski definition) is 2. The quantitative estimate of drug-likeness (QED) is 0.549. The van der Waals surface area contributed by atoms with Crippen LogP contribution in [0.2, 0.25) is 0 Å². The van der Waals surface area contributed by atoms with Gasteiger partial charge in [0.05, 0.1) is 5.92 Å². The van der Waals surface area contributed by atoms with Gasteiger partial charge in [-0.05, 0) is 95.8 Å². The number of likely N-dealkylation sites (tertiary alicyclic amines) is 1. The van der Waals surface area contributed by atoms with Crippen molar-refractivity contribution in [2.24, 2.45) is 5.41 Å². The second kappa shape index (κ2) is 9.79. The number of allylic oxidation sites excluding steroid dienone is 6. The normalized spacial score (nSPS) is 20.3. The van der Waals surface area contributed by atoms with Crippen molar-refractivity contribution in [1.82, 2.24) is 4.90 Å². The highest BCUT2D eigenvalue weighted by atomic mass is 16.6. The van der Waals surface area contributed by atoms with Gasteiger partial charge >= 0.3 is 12.1 Å². The number of carboxylic acids is 1. The minimum absolute atomic E-state index is 0.213. The average molecular weight is 465 g/mol. The molecular formula is C28H36N2O4. The summed E-state index contributed by atoms with van der Waals surface area (Å²) in [4.78, 5) is 26.6. The maximum Gasteiger partial charge on any atom is 0.412 e. The Morgan fingerprint density at radius 2 is 1.97 bits per heavy atom. The predicted octanol–water partition coefficient (Wildman–Crippen LogP) is 5.89. The molecule has 1 fully saturated rings.